The number of aromatic hydroxyl groups is 1. The molecule has 1 N–H and O–H groups in total. The van der Waals surface area contributed by atoms with Crippen molar-refractivity contribution in [2.45, 2.75) is 51.5 Å². The number of phenols is 1. The van der Waals surface area contributed by atoms with Crippen molar-refractivity contribution >= 4 is 0 Å². The van der Waals surface area contributed by atoms with Crippen LogP contribution in [0.2, 0.25) is 0 Å². The summed E-state index contributed by atoms with van der Waals surface area (Å²) < 4.78 is 0. The van der Waals surface area contributed by atoms with Crippen LogP contribution in [0, 0.1) is 5.92 Å². The monoisotopic (exact) mass is 259 g/mol. The molecule has 0 radical (unpaired) electrons. The molecule has 3 rings (SSSR count). The van der Waals surface area contributed by atoms with Gasteiger partial charge in [0, 0.05) is 6.04 Å². The predicted molar refractivity (Wildman–Crippen MR) is 78.6 cm³/mol. The standard InChI is InChI=1S/C17H25NO/c1-4-8-18-9-7-17(3)12(2)16(18)10-13-5-6-14(19)11-15(13)17/h5-6,11-12,16,19H,4,7-10H2,1-3H3/t12-,16-,17+/m1/s1. The van der Waals surface area contributed by atoms with Crippen molar-refractivity contribution in [3.05, 3.63) is 29.3 Å². The van der Waals surface area contributed by atoms with Crippen LogP contribution in [0.1, 0.15) is 44.7 Å². The molecule has 1 saturated heterocycles. The summed E-state index contributed by atoms with van der Waals surface area (Å²) in [6, 6.07) is 6.67. The molecule has 2 heteroatoms. The molecule has 104 valence electrons. The van der Waals surface area contributed by atoms with E-state index < -0.39 is 0 Å². The Bertz CT molecular complexity index is 484. The highest BCUT2D eigenvalue weighted by Gasteiger charge is 2.48. The summed E-state index contributed by atoms with van der Waals surface area (Å²) in [5.74, 6) is 1.09. The first-order chi connectivity index (χ1) is 9.06. The smallest absolute Gasteiger partial charge is 0.115 e. The zero-order chi connectivity index (χ0) is 13.6. The van der Waals surface area contributed by atoms with Gasteiger partial charge in [0.2, 0.25) is 0 Å². The Morgan fingerprint density at radius 2 is 2.21 bits per heavy atom. The summed E-state index contributed by atoms with van der Waals surface area (Å²) >= 11 is 0. The Labute approximate surface area is 116 Å². The molecule has 0 amide bonds. The normalized spacial score (nSPS) is 34.1. The number of benzene rings is 1. The van der Waals surface area contributed by atoms with Crippen LogP contribution in [0.4, 0.5) is 0 Å². The first kappa shape index (κ1) is 13.0. The third-order valence-corrected chi connectivity index (χ3v) is 5.62. The lowest BCUT2D eigenvalue weighted by Gasteiger charge is -2.54. The Hall–Kier alpha value is -1.02. The molecular weight excluding hydrogens is 234 g/mol. The molecule has 1 aliphatic carbocycles. The fraction of sp³-hybridized carbons (Fsp3) is 0.647. The van der Waals surface area contributed by atoms with Crippen LogP contribution < -0.4 is 0 Å². The lowest BCUT2D eigenvalue weighted by atomic mass is 9.59. The summed E-state index contributed by atoms with van der Waals surface area (Å²) in [7, 11) is 0. The SMILES string of the molecule is CCCN1CC[C@]2(C)c3cc(O)ccc3C[C@@H]1[C@H]2C. The average molecular weight is 259 g/mol. The minimum absolute atomic E-state index is 0.237. The number of hydrogen-bond acceptors (Lipinski definition) is 2. The van der Waals surface area contributed by atoms with Gasteiger partial charge in [0.25, 0.3) is 0 Å². The Morgan fingerprint density at radius 1 is 1.42 bits per heavy atom. The largest absolute Gasteiger partial charge is 0.508 e. The third kappa shape index (κ3) is 1.88. The van der Waals surface area contributed by atoms with Crippen LogP contribution in [0.25, 0.3) is 0 Å². The Balaban J connectivity index is 2.03. The molecule has 2 nitrogen and oxygen atoms in total. The Kier molecular flexibility index (Phi) is 3.09. The van der Waals surface area contributed by atoms with E-state index >= 15 is 0 Å². The number of piperidine rings is 1. The molecule has 0 aromatic heterocycles. The van der Waals surface area contributed by atoms with Gasteiger partial charge in [-0.3, -0.25) is 4.90 Å². The zero-order valence-electron chi connectivity index (χ0n) is 12.3. The quantitative estimate of drug-likeness (QED) is 0.880. The van der Waals surface area contributed by atoms with E-state index in [1.807, 2.05) is 12.1 Å². The molecule has 2 aliphatic rings. The van der Waals surface area contributed by atoms with Gasteiger partial charge in [-0.2, -0.15) is 0 Å². The third-order valence-electron chi connectivity index (χ3n) is 5.62. The highest BCUT2D eigenvalue weighted by molar-refractivity contribution is 5.44. The highest BCUT2D eigenvalue weighted by atomic mass is 16.3. The van der Waals surface area contributed by atoms with Gasteiger partial charge in [0.15, 0.2) is 0 Å². The molecule has 1 aromatic carbocycles. The average Bonchev–Trinajstić information content (AvgIpc) is 2.38. The first-order valence-electron chi connectivity index (χ1n) is 7.62. The van der Waals surface area contributed by atoms with E-state index in [1.54, 1.807) is 0 Å². The second-order valence-corrected chi connectivity index (χ2v) is 6.61. The molecule has 19 heavy (non-hydrogen) atoms. The predicted octanol–water partition coefficient (Wildman–Crippen LogP) is 3.33. The molecule has 1 heterocycles. The lowest BCUT2D eigenvalue weighted by Crippen LogP contribution is -2.57. The number of rotatable bonds is 2. The van der Waals surface area contributed by atoms with E-state index in [4.69, 9.17) is 0 Å². The first-order valence-corrected chi connectivity index (χ1v) is 7.62. The number of nitrogens with zero attached hydrogens (tertiary/aromatic N) is 1. The van der Waals surface area contributed by atoms with Crippen LogP contribution in [0.3, 0.4) is 0 Å². The second kappa shape index (κ2) is 4.52. The van der Waals surface area contributed by atoms with E-state index in [1.165, 1.54) is 37.1 Å². The number of phenolic OH excluding ortho intramolecular Hbond substituents is 1. The van der Waals surface area contributed by atoms with Crippen molar-refractivity contribution in [2.24, 2.45) is 5.92 Å². The highest BCUT2D eigenvalue weighted by Crippen LogP contribution is 2.49. The van der Waals surface area contributed by atoms with Crippen LogP contribution in [0.5, 0.6) is 5.75 Å². The van der Waals surface area contributed by atoms with E-state index in [2.05, 4.69) is 31.7 Å². The van der Waals surface area contributed by atoms with Gasteiger partial charge in [0.1, 0.15) is 5.75 Å². The van der Waals surface area contributed by atoms with E-state index in [9.17, 15) is 5.11 Å². The second-order valence-electron chi connectivity index (χ2n) is 6.61. The van der Waals surface area contributed by atoms with Crippen LogP contribution >= 0.6 is 0 Å². The molecule has 3 atom stereocenters. The summed E-state index contributed by atoms with van der Waals surface area (Å²) in [5.41, 5.74) is 3.08. The van der Waals surface area contributed by atoms with E-state index in [0.717, 1.165) is 6.42 Å². The maximum atomic E-state index is 9.81. The van der Waals surface area contributed by atoms with E-state index in [-0.39, 0.29) is 5.41 Å². The lowest BCUT2D eigenvalue weighted by molar-refractivity contribution is 0.0315. The van der Waals surface area contributed by atoms with Crippen molar-refractivity contribution in [2.75, 3.05) is 13.1 Å². The van der Waals surface area contributed by atoms with Crippen molar-refractivity contribution in [1.29, 1.82) is 0 Å². The van der Waals surface area contributed by atoms with Gasteiger partial charge in [-0.25, -0.2) is 0 Å². The van der Waals surface area contributed by atoms with Gasteiger partial charge in [0.05, 0.1) is 0 Å². The minimum Gasteiger partial charge on any atom is -0.508 e. The van der Waals surface area contributed by atoms with Gasteiger partial charge < -0.3 is 5.11 Å². The van der Waals surface area contributed by atoms with Crippen LogP contribution in [-0.4, -0.2) is 29.1 Å². The molecule has 0 spiro atoms. The van der Waals surface area contributed by atoms with Gasteiger partial charge >= 0.3 is 0 Å². The molecule has 0 unspecified atom stereocenters. The molecule has 1 aromatic rings. The topological polar surface area (TPSA) is 23.5 Å². The molecular formula is C17H25NO. The zero-order valence-corrected chi connectivity index (χ0v) is 12.3. The number of fused-ring (bicyclic) bond motifs is 4. The molecule has 0 saturated carbocycles. The molecule has 1 aliphatic heterocycles. The number of hydrogen-bond donors (Lipinski definition) is 1. The minimum atomic E-state index is 0.237. The molecule has 1 fully saturated rings. The maximum absolute atomic E-state index is 9.81. The molecule has 2 bridgehead atoms. The Morgan fingerprint density at radius 3 is 2.95 bits per heavy atom. The van der Waals surface area contributed by atoms with Crippen LogP contribution in [0.15, 0.2) is 18.2 Å². The van der Waals surface area contributed by atoms with Gasteiger partial charge in [-0.05, 0) is 66.9 Å². The maximum Gasteiger partial charge on any atom is 0.115 e. The summed E-state index contributed by atoms with van der Waals surface area (Å²) in [6.45, 7) is 9.49. The summed E-state index contributed by atoms with van der Waals surface area (Å²) in [6.07, 6.45) is 3.59. The fourth-order valence-corrected chi connectivity index (χ4v) is 4.26. The van der Waals surface area contributed by atoms with Gasteiger partial charge in [-0.15, -0.1) is 0 Å². The van der Waals surface area contributed by atoms with Crippen molar-refractivity contribution < 1.29 is 5.11 Å². The summed E-state index contributed by atoms with van der Waals surface area (Å²) in [4.78, 5) is 2.68. The van der Waals surface area contributed by atoms with E-state index in [0.29, 0.717) is 17.7 Å². The number of likely N-dealkylation sites (tertiary alicyclic amines) is 1. The van der Waals surface area contributed by atoms with Crippen molar-refractivity contribution in [1.82, 2.24) is 4.90 Å². The van der Waals surface area contributed by atoms with Crippen molar-refractivity contribution in [3.8, 4) is 5.75 Å². The van der Waals surface area contributed by atoms with Crippen LogP contribution in [-0.2, 0) is 11.8 Å². The fourth-order valence-electron chi connectivity index (χ4n) is 4.26. The van der Waals surface area contributed by atoms with Gasteiger partial charge in [-0.1, -0.05) is 26.8 Å². The summed E-state index contributed by atoms with van der Waals surface area (Å²) in [5, 5.41) is 9.81. The van der Waals surface area contributed by atoms with Crippen molar-refractivity contribution in [3.63, 3.8) is 0 Å².